The maximum Gasteiger partial charge on any atom is 0.329 e. The van der Waals surface area contributed by atoms with Crippen LogP contribution in [-0.4, -0.2) is 38.1 Å². The summed E-state index contributed by atoms with van der Waals surface area (Å²) in [6.07, 6.45) is 1.64. The Morgan fingerprint density at radius 1 is 1.22 bits per heavy atom. The number of imide groups is 1. The van der Waals surface area contributed by atoms with Gasteiger partial charge in [-0.05, 0) is 37.5 Å². The minimum absolute atomic E-state index is 0.0952. The Labute approximate surface area is 154 Å². The molecule has 3 N–H and O–H groups in total. The molecule has 0 radical (unpaired) electrons. The first-order valence-electron chi connectivity index (χ1n) is 8.89. The van der Waals surface area contributed by atoms with Gasteiger partial charge in [-0.1, -0.05) is 0 Å². The molecule has 1 aromatic heterocycles. The molecule has 0 bridgehead atoms. The van der Waals surface area contributed by atoms with Crippen LogP contribution in [0.25, 0.3) is 11.0 Å². The van der Waals surface area contributed by atoms with Crippen molar-refractivity contribution < 1.29 is 19.5 Å². The number of imidazole rings is 1. The first-order valence-corrected chi connectivity index (χ1v) is 8.89. The van der Waals surface area contributed by atoms with Gasteiger partial charge >= 0.3 is 11.7 Å². The van der Waals surface area contributed by atoms with Crippen molar-refractivity contribution in [2.75, 3.05) is 5.32 Å². The smallest absolute Gasteiger partial charge is 0.329 e. The number of nitrogens with zero attached hydrogens (tertiary/aromatic N) is 2. The number of carbonyl (C=O) groups is 3. The first kappa shape index (κ1) is 17.3. The third kappa shape index (κ3) is 2.88. The number of carbonyl (C=O) groups excluding carboxylic acids is 2. The van der Waals surface area contributed by atoms with Crippen LogP contribution in [0.3, 0.4) is 0 Å². The van der Waals surface area contributed by atoms with E-state index in [-0.39, 0.29) is 30.0 Å². The number of anilines is 1. The molecule has 2 heterocycles. The van der Waals surface area contributed by atoms with E-state index in [0.29, 0.717) is 30.3 Å². The van der Waals surface area contributed by atoms with E-state index in [0.717, 1.165) is 5.69 Å². The van der Waals surface area contributed by atoms with Crippen molar-refractivity contribution in [1.82, 2.24) is 14.5 Å². The van der Waals surface area contributed by atoms with Gasteiger partial charge in [0, 0.05) is 25.2 Å². The fourth-order valence-corrected chi connectivity index (χ4v) is 3.86. The van der Waals surface area contributed by atoms with Crippen LogP contribution in [0, 0.1) is 5.92 Å². The summed E-state index contributed by atoms with van der Waals surface area (Å²) in [5, 5.41) is 14.5. The molecule has 1 aliphatic carbocycles. The maximum absolute atomic E-state index is 12.7. The monoisotopic (exact) mass is 372 g/mol. The Bertz CT molecular complexity index is 1010. The van der Waals surface area contributed by atoms with Gasteiger partial charge in [-0.2, -0.15) is 0 Å². The summed E-state index contributed by atoms with van der Waals surface area (Å²) < 4.78 is 2.91. The van der Waals surface area contributed by atoms with Gasteiger partial charge in [-0.15, -0.1) is 0 Å². The number of fused-ring (bicyclic) bond motifs is 1. The minimum atomic E-state index is -0.771. The number of nitrogens with one attached hydrogen (secondary N) is 2. The lowest BCUT2D eigenvalue weighted by Crippen LogP contribution is -2.44. The first-order chi connectivity index (χ1) is 12.8. The molecular weight excluding hydrogens is 352 g/mol. The highest BCUT2D eigenvalue weighted by Gasteiger charge is 2.34. The summed E-state index contributed by atoms with van der Waals surface area (Å²) in [5.41, 5.74) is 1.78. The molecule has 1 aromatic carbocycles. The number of rotatable bonds is 4. The van der Waals surface area contributed by atoms with Gasteiger partial charge in [-0.25, -0.2) is 4.79 Å². The third-order valence-electron chi connectivity index (χ3n) is 5.47. The van der Waals surface area contributed by atoms with Crippen molar-refractivity contribution in [3.05, 3.63) is 28.7 Å². The van der Waals surface area contributed by atoms with E-state index >= 15 is 0 Å². The summed E-state index contributed by atoms with van der Waals surface area (Å²) in [6.45, 7) is 0. The average molecular weight is 372 g/mol. The number of hydrogen-bond donors (Lipinski definition) is 3. The predicted molar refractivity (Wildman–Crippen MR) is 96.4 cm³/mol. The second kappa shape index (κ2) is 6.26. The Kier molecular flexibility index (Phi) is 4.01. The van der Waals surface area contributed by atoms with E-state index in [1.807, 2.05) is 12.1 Å². The minimum Gasteiger partial charge on any atom is -0.481 e. The van der Waals surface area contributed by atoms with Crippen LogP contribution in [0.5, 0.6) is 0 Å². The molecule has 142 valence electrons. The molecule has 2 amide bonds. The van der Waals surface area contributed by atoms with Gasteiger partial charge in [0.15, 0.2) is 0 Å². The normalized spacial score (nSPS) is 25.1. The summed E-state index contributed by atoms with van der Waals surface area (Å²) in [6, 6.07) is 4.81. The number of hydrogen-bond acceptors (Lipinski definition) is 5. The van der Waals surface area contributed by atoms with Gasteiger partial charge in [0.2, 0.25) is 11.8 Å². The third-order valence-corrected chi connectivity index (χ3v) is 5.47. The number of benzene rings is 1. The predicted octanol–water partition coefficient (Wildman–Crippen LogP) is 0.593. The van der Waals surface area contributed by atoms with Crippen molar-refractivity contribution in [1.29, 1.82) is 0 Å². The second-order valence-corrected chi connectivity index (χ2v) is 7.23. The SMILES string of the molecule is Cn1c(=O)n(C2CCC(=O)NC2=O)c2ccc(NC3CC(C(=O)O)C3)cc21. The van der Waals surface area contributed by atoms with Crippen LogP contribution in [0.2, 0.25) is 0 Å². The number of carboxylic acids is 1. The van der Waals surface area contributed by atoms with Crippen molar-refractivity contribution in [2.45, 2.75) is 37.8 Å². The van der Waals surface area contributed by atoms with E-state index in [2.05, 4.69) is 10.6 Å². The fraction of sp³-hybridized carbons (Fsp3) is 0.444. The highest BCUT2D eigenvalue weighted by Crippen LogP contribution is 2.31. The molecule has 2 aromatic rings. The molecule has 27 heavy (non-hydrogen) atoms. The lowest BCUT2D eigenvalue weighted by atomic mass is 9.80. The van der Waals surface area contributed by atoms with Gasteiger partial charge in [0.05, 0.1) is 17.0 Å². The molecule has 2 fully saturated rings. The highest BCUT2D eigenvalue weighted by atomic mass is 16.4. The van der Waals surface area contributed by atoms with E-state index in [9.17, 15) is 19.2 Å². The zero-order chi connectivity index (χ0) is 19.3. The summed E-state index contributed by atoms with van der Waals surface area (Å²) in [4.78, 5) is 47.2. The number of aromatic nitrogens is 2. The molecule has 1 aliphatic heterocycles. The Hall–Kier alpha value is -3.10. The second-order valence-electron chi connectivity index (χ2n) is 7.23. The topological polar surface area (TPSA) is 122 Å². The number of carboxylic acid groups (broad SMARTS) is 1. The van der Waals surface area contributed by atoms with Crippen molar-refractivity contribution in [2.24, 2.45) is 13.0 Å². The molecule has 1 atom stereocenters. The van der Waals surface area contributed by atoms with Crippen LogP contribution in [-0.2, 0) is 21.4 Å². The van der Waals surface area contributed by atoms with E-state index in [1.54, 1.807) is 13.1 Å². The van der Waals surface area contributed by atoms with Crippen LogP contribution in [0.4, 0.5) is 5.69 Å². The zero-order valence-electron chi connectivity index (χ0n) is 14.8. The van der Waals surface area contributed by atoms with E-state index < -0.39 is 17.9 Å². The molecule has 9 nitrogen and oxygen atoms in total. The van der Waals surface area contributed by atoms with Gasteiger partial charge < -0.3 is 10.4 Å². The lowest BCUT2D eigenvalue weighted by Gasteiger charge is -2.33. The molecule has 9 heteroatoms. The Morgan fingerprint density at radius 3 is 2.63 bits per heavy atom. The summed E-state index contributed by atoms with van der Waals surface area (Å²) in [7, 11) is 1.64. The maximum atomic E-state index is 12.7. The van der Waals surface area contributed by atoms with Crippen molar-refractivity contribution >= 4 is 34.5 Å². The number of aliphatic carboxylic acids is 1. The molecule has 4 rings (SSSR count). The van der Waals surface area contributed by atoms with Crippen LogP contribution in [0.15, 0.2) is 23.0 Å². The van der Waals surface area contributed by atoms with Gasteiger partial charge in [-0.3, -0.25) is 28.8 Å². The number of piperidine rings is 1. The number of amides is 2. The number of aryl methyl sites for hydroxylation is 1. The standard InChI is InChI=1S/C18H20N4O5/c1-21-14-8-10(19-11-6-9(7-11)17(25)26)2-3-12(14)22(18(21)27)13-4-5-15(23)20-16(13)24/h2-3,8-9,11,13,19H,4-7H2,1H3,(H,25,26)(H,20,23,24). The van der Waals surface area contributed by atoms with Crippen molar-refractivity contribution in [3.8, 4) is 0 Å². The Balaban J connectivity index is 1.63. The molecule has 2 aliphatic rings. The molecule has 1 saturated carbocycles. The largest absolute Gasteiger partial charge is 0.481 e. The van der Waals surface area contributed by atoms with E-state index in [4.69, 9.17) is 5.11 Å². The van der Waals surface area contributed by atoms with Crippen LogP contribution < -0.4 is 16.3 Å². The summed E-state index contributed by atoms with van der Waals surface area (Å²) >= 11 is 0. The fourth-order valence-electron chi connectivity index (χ4n) is 3.86. The quantitative estimate of drug-likeness (QED) is 0.675. The average Bonchev–Trinajstić information content (AvgIpc) is 2.82. The van der Waals surface area contributed by atoms with Crippen LogP contribution >= 0.6 is 0 Å². The highest BCUT2D eigenvalue weighted by molar-refractivity contribution is 6.00. The van der Waals surface area contributed by atoms with Gasteiger partial charge in [0.1, 0.15) is 6.04 Å². The van der Waals surface area contributed by atoms with Crippen LogP contribution in [0.1, 0.15) is 31.7 Å². The summed E-state index contributed by atoms with van der Waals surface area (Å²) in [5.74, 6) is -1.86. The molecule has 1 unspecified atom stereocenters. The lowest BCUT2D eigenvalue weighted by molar-refractivity contribution is -0.144. The molecule has 1 saturated heterocycles. The van der Waals surface area contributed by atoms with Gasteiger partial charge in [0.25, 0.3) is 0 Å². The Morgan fingerprint density at radius 2 is 1.96 bits per heavy atom. The molecular formula is C18H20N4O5. The van der Waals surface area contributed by atoms with E-state index in [1.165, 1.54) is 9.13 Å². The zero-order valence-corrected chi connectivity index (χ0v) is 14.8. The van der Waals surface area contributed by atoms with Crippen molar-refractivity contribution in [3.63, 3.8) is 0 Å². The molecule has 0 spiro atoms.